The number of anilines is 1. The van der Waals surface area contributed by atoms with E-state index in [2.05, 4.69) is 55.1 Å². The first-order chi connectivity index (χ1) is 13.7. The van der Waals surface area contributed by atoms with Crippen LogP contribution < -0.4 is 4.90 Å². The van der Waals surface area contributed by atoms with Gasteiger partial charge in [-0.05, 0) is 38.3 Å². The molecule has 2 saturated heterocycles. The summed E-state index contributed by atoms with van der Waals surface area (Å²) in [6, 6.07) is 2.93. The summed E-state index contributed by atoms with van der Waals surface area (Å²) in [4.78, 5) is 12.1. The van der Waals surface area contributed by atoms with E-state index in [1.807, 2.05) is 33.2 Å². The molecule has 2 aromatic heterocycles. The van der Waals surface area contributed by atoms with Crippen molar-refractivity contribution in [2.45, 2.75) is 46.6 Å². The average Bonchev–Trinajstić information content (AvgIpc) is 3.21. The summed E-state index contributed by atoms with van der Waals surface area (Å²) < 4.78 is 2.13. The molecule has 2 aliphatic rings. The molecule has 152 valence electrons. The van der Waals surface area contributed by atoms with Gasteiger partial charge in [-0.25, -0.2) is 4.98 Å². The zero-order chi connectivity index (χ0) is 19.9. The van der Waals surface area contributed by atoms with Crippen LogP contribution in [0.5, 0.6) is 0 Å². The van der Waals surface area contributed by atoms with E-state index in [4.69, 9.17) is 0 Å². The van der Waals surface area contributed by atoms with E-state index in [1.165, 1.54) is 37.2 Å². The molecule has 28 heavy (non-hydrogen) atoms. The van der Waals surface area contributed by atoms with Gasteiger partial charge in [-0.2, -0.15) is 0 Å². The fourth-order valence-corrected chi connectivity index (χ4v) is 4.33. The van der Waals surface area contributed by atoms with Gasteiger partial charge < -0.3 is 9.30 Å². The van der Waals surface area contributed by atoms with Crippen LogP contribution in [0.25, 0.3) is 5.65 Å². The normalized spacial score (nSPS) is 19.1. The van der Waals surface area contributed by atoms with Crippen molar-refractivity contribution in [3.05, 3.63) is 30.2 Å². The highest BCUT2D eigenvalue weighted by molar-refractivity contribution is 5.58. The van der Waals surface area contributed by atoms with Crippen LogP contribution in [0, 0.1) is 18.8 Å². The minimum absolute atomic E-state index is 0.739. The predicted molar refractivity (Wildman–Crippen MR) is 118 cm³/mol. The van der Waals surface area contributed by atoms with Crippen molar-refractivity contribution in [1.29, 1.82) is 0 Å². The molecule has 0 saturated carbocycles. The van der Waals surface area contributed by atoms with Crippen molar-refractivity contribution in [3.63, 3.8) is 0 Å². The van der Waals surface area contributed by atoms with Gasteiger partial charge in [0.15, 0.2) is 0 Å². The number of aromatic nitrogens is 2. The van der Waals surface area contributed by atoms with Crippen LogP contribution in [0.2, 0.25) is 0 Å². The maximum Gasteiger partial charge on any atom is 0.137 e. The molecule has 0 aromatic carbocycles. The van der Waals surface area contributed by atoms with Gasteiger partial charge in [-0.1, -0.05) is 19.8 Å². The van der Waals surface area contributed by atoms with E-state index in [-0.39, 0.29) is 0 Å². The Morgan fingerprint density at radius 3 is 2.46 bits per heavy atom. The number of imidazole rings is 1. The number of piperazine rings is 1. The molecule has 0 bridgehead atoms. The first-order valence-corrected chi connectivity index (χ1v) is 10.8. The summed E-state index contributed by atoms with van der Waals surface area (Å²) in [7, 11) is 0. The fraction of sp³-hybridized carbons (Fsp3) is 0.609. The van der Waals surface area contributed by atoms with Gasteiger partial charge in [0.1, 0.15) is 5.65 Å². The molecule has 4 heterocycles. The van der Waals surface area contributed by atoms with Crippen LogP contribution >= 0.6 is 0 Å². The number of hydrogen-bond acceptors (Lipinski definition) is 4. The smallest absolute Gasteiger partial charge is 0.137 e. The molecular formula is C23H35N5. The Morgan fingerprint density at radius 2 is 1.79 bits per heavy atom. The molecule has 0 atom stereocenters. The van der Waals surface area contributed by atoms with Gasteiger partial charge in [0, 0.05) is 63.9 Å². The molecule has 0 spiro atoms. The summed E-state index contributed by atoms with van der Waals surface area (Å²) in [5, 5.41) is 0. The lowest BCUT2D eigenvalue weighted by molar-refractivity contribution is 0.0920. The second-order valence-corrected chi connectivity index (χ2v) is 7.49. The molecule has 0 radical (unpaired) electrons. The number of rotatable bonds is 3. The highest BCUT2D eigenvalue weighted by Gasteiger charge is 2.27. The van der Waals surface area contributed by atoms with E-state index in [0.29, 0.717) is 0 Å². The lowest BCUT2D eigenvalue weighted by atomic mass is 10.0. The third kappa shape index (κ3) is 4.68. The fourth-order valence-electron chi connectivity index (χ4n) is 4.33. The molecule has 0 amide bonds. The summed E-state index contributed by atoms with van der Waals surface area (Å²) in [5.41, 5.74) is 3.72. The Labute approximate surface area is 170 Å². The van der Waals surface area contributed by atoms with Crippen molar-refractivity contribution >= 4 is 11.3 Å². The highest BCUT2D eigenvalue weighted by Crippen LogP contribution is 2.26. The summed E-state index contributed by atoms with van der Waals surface area (Å²) in [5.74, 6) is 6.20. The molecule has 4 rings (SSSR count). The average molecular weight is 382 g/mol. The molecule has 2 fully saturated rings. The van der Waals surface area contributed by atoms with E-state index < -0.39 is 0 Å². The lowest BCUT2D eigenvalue weighted by Crippen LogP contribution is -2.53. The largest absolute Gasteiger partial charge is 0.370 e. The Hall–Kier alpha value is -2.03. The second kappa shape index (κ2) is 9.95. The van der Waals surface area contributed by atoms with Crippen molar-refractivity contribution in [3.8, 4) is 11.8 Å². The van der Waals surface area contributed by atoms with Crippen molar-refractivity contribution in [2.24, 2.45) is 0 Å². The molecule has 0 N–H and O–H groups in total. The minimum Gasteiger partial charge on any atom is -0.370 e. The van der Waals surface area contributed by atoms with Crippen molar-refractivity contribution in [1.82, 2.24) is 19.2 Å². The molecule has 0 aliphatic carbocycles. The molecule has 0 unspecified atom stereocenters. The third-order valence-corrected chi connectivity index (χ3v) is 5.92. The van der Waals surface area contributed by atoms with Crippen molar-refractivity contribution < 1.29 is 0 Å². The Kier molecular flexibility index (Phi) is 7.36. The van der Waals surface area contributed by atoms with Crippen LogP contribution in [0.1, 0.15) is 39.2 Å². The van der Waals surface area contributed by atoms with E-state index in [9.17, 15) is 0 Å². The molecule has 2 aliphatic heterocycles. The quantitative estimate of drug-likeness (QED) is 0.763. The number of pyridine rings is 1. The lowest BCUT2D eigenvalue weighted by Gasteiger charge is -2.43. The number of hydrogen-bond donors (Lipinski definition) is 0. The van der Waals surface area contributed by atoms with Gasteiger partial charge in [-0.3, -0.25) is 9.80 Å². The van der Waals surface area contributed by atoms with Gasteiger partial charge in [0.2, 0.25) is 0 Å². The number of piperidine rings is 1. The second-order valence-electron chi connectivity index (χ2n) is 7.49. The molecule has 2 aromatic rings. The van der Waals surface area contributed by atoms with Crippen LogP contribution in [0.15, 0.2) is 24.7 Å². The minimum atomic E-state index is 0.739. The highest BCUT2D eigenvalue weighted by atomic mass is 15.3. The number of fused-ring (bicyclic) bond motifs is 1. The summed E-state index contributed by atoms with van der Waals surface area (Å²) in [6.07, 6.45) is 8.67. The van der Waals surface area contributed by atoms with Crippen molar-refractivity contribution in [2.75, 3.05) is 50.7 Å². The maximum absolute atomic E-state index is 4.39. The van der Waals surface area contributed by atoms with E-state index in [1.54, 1.807) is 0 Å². The van der Waals surface area contributed by atoms with Gasteiger partial charge in [-0.15, -0.1) is 5.92 Å². The Balaban J connectivity index is 0.00000109. The summed E-state index contributed by atoms with van der Waals surface area (Å²) >= 11 is 0. The van der Waals surface area contributed by atoms with Crippen LogP contribution in [-0.2, 0) is 0 Å². The Bertz CT molecular complexity index is 799. The maximum atomic E-state index is 4.39. The third-order valence-electron chi connectivity index (χ3n) is 5.92. The van der Waals surface area contributed by atoms with Crippen LogP contribution in [0.3, 0.4) is 0 Å². The van der Waals surface area contributed by atoms with Gasteiger partial charge in [0.25, 0.3) is 0 Å². The zero-order valence-corrected chi connectivity index (χ0v) is 18.0. The first-order valence-electron chi connectivity index (χ1n) is 10.8. The van der Waals surface area contributed by atoms with E-state index in [0.717, 1.165) is 44.4 Å². The molecular weight excluding hydrogens is 346 g/mol. The van der Waals surface area contributed by atoms with Crippen LogP contribution in [0.4, 0.5) is 5.69 Å². The predicted octanol–water partition coefficient (Wildman–Crippen LogP) is 3.28. The molecule has 5 nitrogen and oxygen atoms in total. The van der Waals surface area contributed by atoms with Gasteiger partial charge >= 0.3 is 0 Å². The van der Waals surface area contributed by atoms with Crippen LogP contribution in [-0.4, -0.2) is 71.0 Å². The Morgan fingerprint density at radius 1 is 1.07 bits per heavy atom. The zero-order valence-electron chi connectivity index (χ0n) is 18.0. The van der Waals surface area contributed by atoms with Gasteiger partial charge in [0.05, 0.1) is 12.2 Å². The summed E-state index contributed by atoms with van der Waals surface area (Å²) in [6.45, 7) is 16.0. The SMILES string of the molecule is CC.CC#CCN1CCN(C2CCN(c3cn4ccnc4cc3C)CC2)CC1. The molecule has 5 heteroatoms. The standard InChI is InChI=1S/C21H29N5.C2H6/c1-3-4-8-23-12-14-24(15-13-23)19-5-9-25(10-6-19)20-17-26-11-7-22-21(26)16-18(20)2;1-2/h7,11,16-17,19H,5-6,8-10,12-15H2,1-2H3;1-2H3. The number of aryl methyl sites for hydroxylation is 1. The number of nitrogens with zero attached hydrogens (tertiary/aromatic N) is 5. The van der Waals surface area contributed by atoms with E-state index >= 15 is 0 Å². The first kappa shape index (κ1) is 20.7. The monoisotopic (exact) mass is 381 g/mol. The topological polar surface area (TPSA) is 27.0 Å².